The van der Waals surface area contributed by atoms with E-state index in [1.54, 1.807) is 31.2 Å². The second-order valence-electron chi connectivity index (χ2n) is 7.42. The highest BCUT2D eigenvalue weighted by Crippen LogP contribution is 2.33. The third-order valence-electron chi connectivity index (χ3n) is 5.23. The van der Waals surface area contributed by atoms with Gasteiger partial charge in [0.1, 0.15) is 0 Å². The first-order valence-electron chi connectivity index (χ1n) is 9.58. The van der Waals surface area contributed by atoms with E-state index >= 15 is 0 Å². The molecule has 0 saturated carbocycles. The molecular weight excluding hydrogens is 417 g/mol. The summed E-state index contributed by atoms with van der Waals surface area (Å²) >= 11 is 0. The van der Waals surface area contributed by atoms with Crippen molar-refractivity contribution < 1.29 is 26.4 Å². The first-order valence-corrected chi connectivity index (χ1v) is 11.1. The van der Waals surface area contributed by atoms with Gasteiger partial charge in [0, 0.05) is 25.2 Å². The molecule has 0 aliphatic carbocycles. The van der Waals surface area contributed by atoms with Gasteiger partial charge in [-0.1, -0.05) is 36.4 Å². The Hall–Kier alpha value is -2.39. The normalized spacial score (nSPS) is 17.7. The minimum absolute atomic E-state index is 0.00983. The number of likely N-dealkylation sites (tertiary alicyclic amines) is 1. The van der Waals surface area contributed by atoms with Crippen LogP contribution in [0.4, 0.5) is 13.2 Å². The van der Waals surface area contributed by atoms with Crippen LogP contribution >= 0.6 is 0 Å². The van der Waals surface area contributed by atoms with Crippen molar-refractivity contribution in [1.29, 1.82) is 0 Å². The minimum atomic E-state index is -4.36. The molecule has 0 bridgehead atoms. The van der Waals surface area contributed by atoms with Crippen LogP contribution in [0.1, 0.15) is 34.3 Å². The van der Waals surface area contributed by atoms with Gasteiger partial charge >= 0.3 is 6.18 Å². The fourth-order valence-electron chi connectivity index (χ4n) is 3.46. The van der Waals surface area contributed by atoms with E-state index in [1.165, 1.54) is 18.2 Å². The first kappa shape index (κ1) is 22.3. The monoisotopic (exact) mass is 440 g/mol. The molecule has 0 radical (unpaired) electrons. The number of nitrogens with one attached hydrogen (secondary N) is 1. The van der Waals surface area contributed by atoms with E-state index in [4.69, 9.17) is 0 Å². The van der Waals surface area contributed by atoms with Gasteiger partial charge in [0.2, 0.25) is 10.0 Å². The van der Waals surface area contributed by atoms with Gasteiger partial charge in [0.05, 0.1) is 10.8 Å². The minimum Gasteiger partial charge on any atom is -0.338 e. The smallest absolute Gasteiger partial charge is 0.338 e. The summed E-state index contributed by atoms with van der Waals surface area (Å²) in [6.07, 6.45) is -4.11. The summed E-state index contributed by atoms with van der Waals surface area (Å²) in [7, 11) is -3.90. The van der Waals surface area contributed by atoms with Crippen molar-refractivity contribution in [2.45, 2.75) is 37.4 Å². The molecular formula is C21H23F3N2O3S. The molecule has 30 heavy (non-hydrogen) atoms. The number of piperidine rings is 1. The van der Waals surface area contributed by atoms with Crippen molar-refractivity contribution in [1.82, 2.24) is 9.62 Å². The number of rotatable bonds is 5. The van der Waals surface area contributed by atoms with Crippen LogP contribution in [0.2, 0.25) is 0 Å². The third-order valence-corrected chi connectivity index (χ3v) is 6.63. The van der Waals surface area contributed by atoms with Crippen molar-refractivity contribution >= 4 is 15.9 Å². The topological polar surface area (TPSA) is 66.5 Å². The zero-order valence-electron chi connectivity index (χ0n) is 16.4. The molecule has 5 nitrogen and oxygen atoms in total. The number of hydrogen-bond donors (Lipinski definition) is 1. The number of halogens is 3. The van der Waals surface area contributed by atoms with Crippen molar-refractivity contribution in [3.63, 3.8) is 0 Å². The molecule has 3 rings (SSSR count). The Kier molecular flexibility index (Phi) is 6.52. The van der Waals surface area contributed by atoms with Crippen LogP contribution in [-0.4, -0.2) is 38.5 Å². The van der Waals surface area contributed by atoms with E-state index in [9.17, 15) is 26.4 Å². The van der Waals surface area contributed by atoms with Crippen LogP contribution in [0.5, 0.6) is 0 Å². The highest BCUT2D eigenvalue weighted by Gasteiger charge is 2.42. The molecule has 9 heteroatoms. The van der Waals surface area contributed by atoms with E-state index in [0.717, 1.165) is 10.5 Å². The molecule has 1 aliphatic rings. The van der Waals surface area contributed by atoms with Crippen LogP contribution < -0.4 is 4.72 Å². The maximum Gasteiger partial charge on any atom is 0.393 e. The number of nitrogens with zero attached hydrogens (tertiary/aromatic N) is 1. The van der Waals surface area contributed by atoms with Crippen molar-refractivity contribution in [2.24, 2.45) is 5.92 Å². The molecule has 2 aromatic rings. The molecule has 1 heterocycles. The van der Waals surface area contributed by atoms with Crippen molar-refractivity contribution in [3.8, 4) is 0 Å². The maximum atomic E-state index is 13.1. The summed E-state index contributed by atoms with van der Waals surface area (Å²) in [5.41, 5.74) is 1.38. The van der Waals surface area contributed by atoms with E-state index < -0.39 is 34.6 Å². The summed E-state index contributed by atoms with van der Waals surface area (Å²) in [5, 5.41) is 0. The van der Waals surface area contributed by atoms with Gasteiger partial charge in [0.25, 0.3) is 5.91 Å². The standard InChI is InChI=1S/C21H23F3N2O3S/c1-15-9-10-18(30(28,29)25-13-16-6-3-2-4-7-16)12-19(15)20(27)26-11-5-8-17(14-26)21(22,23)24/h2-4,6-7,9-10,12,17,25H,5,8,11,13-14H2,1H3/t17-/m1/s1. The molecule has 1 saturated heterocycles. The fourth-order valence-corrected chi connectivity index (χ4v) is 4.50. The van der Waals surface area contributed by atoms with Gasteiger partial charge in [0.15, 0.2) is 0 Å². The Morgan fingerprint density at radius 2 is 1.87 bits per heavy atom. The Morgan fingerprint density at radius 3 is 2.53 bits per heavy atom. The molecule has 0 unspecified atom stereocenters. The molecule has 1 amide bonds. The van der Waals surface area contributed by atoms with Gasteiger partial charge in [-0.25, -0.2) is 13.1 Å². The number of carbonyl (C=O) groups is 1. The van der Waals surface area contributed by atoms with Gasteiger partial charge < -0.3 is 4.90 Å². The van der Waals surface area contributed by atoms with Crippen molar-refractivity contribution in [3.05, 3.63) is 65.2 Å². The number of hydrogen-bond acceptors (Lipinski definition) is 3. The van der Waals surface area contributed by atoms with Crippen LogP contribution in [0.15, 0.2) is 53.4 Å². The zero-order chi connectivity index (χ0) is 21.9. The summed E-state index contributed by atoms with van der Waals surface area (Å²) < 4.78 is 67.1. The zero-order valence-corrected chi connectivity index (χ0v) is 17.3. The summed E-state index contributed by atoms with van der Waals surface area (Å²) in [6, 6.07) is 13.1. The van der Waals surface area contributed by atoms with Crippen LogP contribution in [0, 0.1) is 12.8 Å². The predicted molar refractivity (Wildman–Crippen MR) is 106 cm³/mol. The lowest BCUT2D eigenvalue weighted by molar-refractivity contribution is -0.184. The summed E-state index contributed by atoms with van der Waals surface area (Å²) in [4.78, 5) is 14.0. The summed E-state index contributed by atoms with van der Waals surface area (Å²) in [6.45, 7) is 1.52. The Bertz CT molecular complexity index is 1010. The van der Waals surface area contributed by atoms with Crippen LogP contribution in [-0.2, 0) is 16.6 Å². The Balaban J connectivity index is 1.79. The van der Waals surface area contributed by atoms with Crippen molar-refractivity contribution in [2.75, 3.05) is 13.1 Å². The molecule has 0 spiro atoms. The highest BCUT2D eigenvalue weighted by molar-refractivity contribution is 7.89. The lowest BCUT2D eigenvalue weighted by Crippen LogP contribution is -2.44. The van der Waals surface area contributed by atoms with Crippen LogP contribution in [0.25, 0.3) is 0 Å². The fraction of sp³-hybridized carbons (Fsp3) is 0.381. The summed E-state index contributed by atoms with van der Waals surface area (Å²) in [5.74, 6) is -2.14. The molecule has 1 fully saturated rings. The molecule has 1 atom stereocenters. The number of amides is 1. The molecule has 1 aliphatic heterocycles. The molecule has 1 N–H and O–H groups in total. The van der Waals surface area contributed by atoms with Gasteiger partial charge in [-0.05, 0) is 43.0 Å². The second kappa shape index (κ2) is 8.77. The van der Waals surface area contributed by atoms with E-state index in [2.05, 4.69) is 4.72 Å². The highest BCUT2D eigenvalue weighted by atomic mass is 32.2. The number of sulfonamides is 1. The SMILES string of the molecule is Cc1ccc(S(=O)(=O)NCc2ccccc2)cc1C(=O)N1CCC[C@@H](C(F)(F)F)C1. The Morgan fingerprint density at radius 1 is 1.17 bits per heavy atom. The number of benzene rings is 2. The van der Waals surface area contributed by atoms with Gasteiger partial charge in [-0.3, -0.25) is 4.79 Å². The maximum absolute atomic E-state index is 13.1. The van der Waals surface area contributed by atoms with Gasteiger partial charge in [-0.2, -0.15) is 13.2 Å². The number of carbonyl (C=O) groups excluding carboxylic acids is 1. The van der Waals surface area contributed by atoms with E-state index in [1.807, 2.05) is 6.07 Å². The lowest BCUT2D eigenvalue weighted by atomic mass is 9.96. The second-order valence-corrected chi connectivity index (χ2v) is 9.19. The average Bonchev–Trinajstić information content (AvgIpc) is 2.72. The molecule has 162 valence electrons. The van der Waals surface area contributed by atoms with E-state index in [0.29, 0.717) is 5.56 Å². The predicted octanol–water partition coefficient (Wildman–Crippen LogP) is 3.89. The largest absolute Gasteiger partial charge is 0.393 e. The molecule has 2 aromatic carbocycles. The van der Waals surface area contributed by atoms with E-state index in [-0.39, 0.29) is 36.4 Å². The lowest BCUT2D eigenvalue weighted by Gasteiger charge is -2.34. The number of aryl methyl sites for hydroxylation is 1. The number of alkyl halides is 3. The quantitative estimate of drug-likeness (QED) is 0.767. The third kappa shape index (κ3) is 5.20. The van der Waals surface area contributed by atoms with Crippen LogP contribution in [0.3, 0.4) is 0 Å². The average molecular weight is 440 g/mol. The van der Waals surface area contributed by atoms with Gasteiger partial charge in [-0.15, -0.1) is 0 Å². The molecule has 0 aromatic heterocycles. The first-order chi connectivity index (χ1) is 14.1. The Labute approximate surface area is 173 Å².